The molecular formula is C12H9N3O2. The van der Waals surface area contributed by atoms with Crippen molar-refractivity contribution in [2.45, 2.75) is 0 Å². The Bertz CT molecular complexity index is 729. The van der Waals surface area contributed by atoms with Gasteiger partial charge in [0, 0.05) is 17.8 Å². The predicted octanol–water partition coefficient (Wildman–Crippen LogP) is 1.77. The van der Waals surface area contributed by atoms with E-state index in [0.29, 0.717) is 22.5 Å². The van der Waals surface area contributed by atoms with E-state index in [1.807, 2.05) is 6.07 Å². The van der Waals surface area contributed by atoms with Crippen LogP contribution in [0.25, 0.3) is 22.4 Å². The summed E-state index contributed by atoms with van der Waals surface area (Å²) in [5.74, 6) is 0.419. The van der Waals surface area contributed by atoms with Gasteiger partial charge in [0.1, 0.15) is 17.0 Å². The number of anilines is 1. The maximum Gasteiger partial charge on any atom is 0.349 e. The van der Waals surface area contributed by atoms with Gasteiger partial charge in [-0.05, 0) is 12.1 Å². The average molecular weight is 227 g/mol. The number of para-hydroxylation sites is 1. The summed E-state index contributed by atoms with van der Waals surface area (Å²) >= 11 is 0. The first-order valence-electron chi connectivity index (χ1n) is 5.08. The van der Waals surface area contributed by atoms with E-state index in [2.05, 4.69) is 9.97 Å². The zero-order valence-corrected chi connectivity index (χ0v) is 8.81. The molecule has 0 aliphatic heterocycles. The number of imidazole rings is 1. The van der Waals surface area contributed by atoms with Crippen LogP contribution in [0.15, 0.2) is 45.9 Å². The molecule has 17 heavy (non-hydrogen) atoms. The first-order chi connectivity index (χ1) is 8.27. The molecule has 0 atom stereocenters. The van der Waals surface area contributed by atoms with Gasteiger partial charge in [-0.3, -0.25) is 0 Å². The van der Waals surface area contributed by atoms with Gasteiger partial charge in [0.2, 0.25) is 0 Å². The maximum absolute atomic E-state index is 11.8. The number of H-pyrrole nitrogens is 1. The molecule has 5 heteroatoms. The summed E-state index contributed by atoms with van der Waals surface area (Å²) in [5.41, 5.74) is 6.63. The highest BCUT2D eigenvalue weighted by Gasteiger charge is 2.15. The molecule has 0 aliphatic rings. The van der Waals surface area contributed by atoms with Crippen molar-refractivity contribution in [3.05, 3.63) is 47.1 Å². The number of fused-ring (bicyclic) bond motifs is 1. The van der Waals surface area contributed by atoms with Crippen LogP contribution in [0.4, 0.5) is 5.69 Å². The standard InChI is InChI=1S/C12H9N3O2/c13-10-7-3-1-2-4-8(7)17-12(16)9(10)11-14-5-6-15-11/h1-6H,13H2,(H,14,15). The van der Waals surface area contributed by atoms with Crippen molar-refractivity contribution >= 4 is 16.7 Å². The number of nitrogens with one attached hydrogen (secondary N) is 1. The summed E-state index contributed by atoms with van der Waals surface area (Å²) in [6.45, 7) is 0. The number of hydrogen-bond acceptors (Lipinski definition) is 4. The van der Waals surface area contributed by atoms with Crippen LogP contribution in [-0.2, 0) is 0 Å². The lowest BCUT2D eigenvalue weighted by Crippen LogP contribution is -2.08. The van der Waals surface area contributed by atoms with E-state index in [9.17, 15) is 4.79 Å². The lowest BCUT2D eigenvalue weighted by Gasteiger charge is -2.04. The highest BCUT2D eigenvalue weighted by molar-refractivity contribution is 5.95. The van der Waals surface area contributed by atoms with Gasteiger partial charge in [0.15, 0.2) is 0 Å². The third-order valence-corrected chi connectivity index (χ3v) is 2.59. The molecule has 0 radical (unpaired) electrons. The summed E-state index contributed by atoms with van der Waals surface area (Å²) in [6.07, 6.45) is 3.19. The molecule has 84 valence electrons. The lowest BCUT2D eigenvalue weighted by atomic mass is 10.1. The van der Waals surface area contributed by atoms with Gasteiger partial charge in [0.05, 0.1) is 5.69 Å². The normalized spacial score (nSPS) is 10.8. The molecule has 3 N–H and O–H groups in total. The first kappa shape index (κ1) is 9.65. The van der Waals surface area contributed by atoms with Crippen LogP contribution in [0.3, 0.4) is 0 Å². The van der Waals surface area contributed by atoms with Crippen LogP contribution in [0.2, 0.25) is 0 Å². The monoisotopic (exact) mass is 227 g/mol. The second kappa shape index (κ2) is 3.48. The Morgan fingerprint density at radius 3 is 2.88 bits per heavy atom. The van der Waals surface area contributed by atoms with Crippen molar-refractivity contribution in [1.29, 1.82) is 0 Å². The molecule has 0 spiro atoms. The van der Waals surface area contributed by atoms with Gasteiger partial charge in [-0.1, -0.05) is 12.1 Å². The molecule has 0 bridgehead atoms. The van der Waals surface area contributed by atoms with Crippen LogP contribution in [0.1, 0.15) is 0 Å². The highest BCUT2D eigenvalue weighted by atomic mass is 16.4. The van der Waals surface area contributed by atoms with Gasteiger partial charge in [-0.15, -0.1) is 0 Å². The Labute approximate surface area is 95.9 Å². The van der Waals surface area contributed by atoms with E-state index in [0.717, 1.165) is 0 Å². The van der Waals surface area contributed by atoms with Gasteiger partial charge in [-0.2, -0.15) is 0 Å². The Balaban J connectivity index is 2.44. The summed E-state index contributed by atoms with van der Waals surface area (Å²) < 4.78 is 5.20. The van der Waals surface area contributed by atoms with E-state index in [1.165, 1.54) is 0 Å². The molecule has 0 saturated heterocycles. The molecule has 3 aromatic rings. The third kappa shape index (κ3) is 1.40. The minimum atomic E-state index is -0.490. The number of nitrogens with two attached hydrogens (primary N) is 1. The predicted molar refractivity (Wildman–Crippen MR) is 64.5 cm³/mol. The number of hydrogen-bond donors (Lipinski definition) is 2. The largest absolute Gasteiger partial charge is 0.422 e. The maximum atomic E-state index is 11.8. The number of aromatic amines is 1. The van der Waals surface area contributed by atoms with E-state index in [4.69, 9.17) is 10.2 Å². The van der Waals surface area contributed by atoms with Crippen molar-refractivity contribution in [3.63, 3.8) is 0 Å². The number of benzene rings is 1. The Morgan fingerprint density at radius 2 is 2.12 bits per heavy atom. The minimum absolute atomic E-state index is 0.272. The van der Waals surface area contributed by atoms with Crippen molar-refractivity contribution in [3.8, 4) is 11.4 Å². The minimum Gasteiger partial charge on any atom is -0.422 e. The van der Waals surface area contributed by atoms with Crippen LogP contribution in [0, 0.1) is 0 Å². The fourth-order valence-corrected chi connectivity index (χ4v) is 1.80. The van der Waals surface area contributed by atoms with Gasteiger partial charge in [0.25, 0.3) is 0 Å². The summed E-state index contributed by atoms with van der Waals surface area (Å²) in [6, 6.07) is 7.14. The quantitative estimate of drug-likeness (QED) is 0.620. The first-order valence-corrected chi connectivity index (χ1v) is 5.08. The van der Waals surface area contributed by atoms with Crippen molar-refractivity contribution in [1.82, 2.24) is 9.97 Å². The van der Waals surface area contributed by atoms with Crippen molar-refractivity contribution < 1.29 is 4.42 Å². The smallest absolute Gasteiger partial charge is 0.349 e. The summed E-state index contributed by atoms with van der Waals surface area (Å²) in [5, 5.41) is 0.707. The second-order valence-electron chi connectivity index (χ2n) is 3.61. The zero-order chi connectivity index (χ0) is 11.8. The number of nitrogens with zero attached hydrogens (tertiary/aromatic N) is 1. The highest BCUT2D eigenvalue weighted by Crippen LogP contribution is 2.26. The Hall–Kier alpha value is -2.56. The molecule has 0 saturated carbocycles. The molecular weight excluding hydrogens is 218 g/mol. The van der Waals surface area contributed by atoms with E-state index in [1.54, 1.807) is 30.6 Å². The number of aromatic nitrogens is 2. The van der Waals surface area contributed by atoms with Crippen LogP contribution < -0.4 is 11.4 Å². The average Bonchev–Trinajstić information content (AvgIpc) is 2.83. The van der Waals surface area contributed by atoms with Gasteiger partial charge < -0.3 is 15.1 Å². The summed E-state index contributed by atoms with van der Waals surface area (Å²) in [7, 11) is 0. The van der Waals surface area contributed by atoms with Crippen LogP contribution in [-0.4, -0.2) is 9.97 Å². The molecule has 3 rings (SSSR count). The molecule has 0 unspecified atom stereocenters. The molecule has 0 aliphatic carbocycles. The van der Waals surface area contributed by atoms with Gasteiger partial charge >= 0.3 is 5.63 Å². The molecule has 2 aromatic heterocycles. The second-order valence-corrected chi connectivity index (χ2v) is 3.61. The van der Waals surface area contributed by atoms with Crippen molar-refractivity contribution in [2.24, 2.45) is 0 Å². The van der Waals surface area contributed by atoms with Crippen LogP contribution >= 0.6 is 0 Å². The van der Waals surface area contributed by atoms with Crippen molar-refractivity contribution in [2.75, 3.05) is 5.73 Å². The van der Waals surface area contributed by atoms with E-state index in [-0.39, 0.29) is 5.56 Å². The number of rotatable bonds is 1. The van der Waals surface area contributed by atoms with Crippen LogP contribution in [0.5, 0.6) is 0 Å². The Morgan fingerprint density at radius 1 is 1.29 bits per heavy atom. The Kier molecular flexibility index (Phi) is 1.98. The van der Waals surface area contributed by atoms with E-state index >= 15 is 0 Å². The molecule has 0 amide bonds. The lowest BCUT2D eigenvalue weighted by molar-refractivity contribution is 0.563. The van der Waals surface area contributed by atoms with Gasteiger partial charge in [-0.25, -0.2) is 9.78 Å². The fraction of sp³-hybridized carbons (Fsp3) is 0. The topological polar surface area (TPSA) is 84.9 Å². The molecule has 2 heterocycles. The zero-order valence-electron chi connectivity index (χ0n) is 8.81. The number of nitrogen functional groups attached to an aromatic ring is 1. The summed E-state index contributed by atoms with van der Waals surface area (Å²) in [4.78, 5) is 18.7. The molecule has 0 fully saturated rings. The third-order valence-electron chi connectivity index (χ3n) is 2.59. The SMILES string of the molecule is Nc1c(-c2ncc[nH]2)c(=O)oc2ccccc12. The molecule has 5 nitrogen and oxygen atoms in total. The fourth-order valence-electron chi connectivity index (χ4n) is 1.80. The molecule has 1 aromatic carbocycles. The van der Waals surface area contributed by atoms with E-state index < -0.39 is 5.63 Å².